The van der Waals surface area contributed by atoms with Gasteiger partial charge < -0.3 is 10.3 Å². The molecular weight excluding hydrogens is 302 g/mol. The molecule has 2 rings (SSSR count). The maximum atomic E-state index is 5.82. The number of fused-ring (bicyclic) bond motifs is 1. The molecule has 6 heteroatoms. The number of aryl methyl sites for hydroxylation is 1. The third-order valence-electron chi connectivity index (χ3n) is 4.85. The predicted molar refractivity (Wildman–Crippen MR) is 98.6 cm³/mol. The molecule has 5 nitrogen and oxygen atoms in total. The third-order valence-corrected chi connectivity index (χ3v) is 11.1. The maximum Gasteiger partial charge on any atom is 0.223 e. The van der Waals surface area contributed by atoms with Gasteiger partial charge >= 0.3 is 0 Å². The van der Waals surface area contributed by atoms with Crippen LogP contribution in [0.5, 0.6) is 0 Å². The summed E-state index contributed by atoms with van der Waals surface area (Å²) in [6, 6.07) is 0. The van der Waals surface area contributed by atoms with Gasteiger partial charge in [0, 0.05) is 7.05 Å². The van der Waals surface area contributed by atoms with Crippen molar-refractivity contribution < 1.29 is 0 Å². The summed E-state index contributed by atoms with van der Waals surface area (Å²) in [6.45, 7) is 13.8. The molecule has 23 heavy (non-hydrogen) atoms. The first-order chi connectivity index (χ1) is 10.7. The van der Waals surface area contributed by atoms with Gasteiger partial charge in [0.15, 0.2) is 5.65 Å². The number of hydrogen-bond donors (Lipinski definition) is 1. The number of nitrogens with two attached hydrogens (primary N) is 1. The van der Waals surface area contributed by atoms with Gasteiger partial charge in [-0.2, -0.15) is 4.98 Å². The molecule has 2 heterocycles. The molecule has 0 bridgehead atoms. The second-order valence-corrected chi connectivity index (χ2v) is 12.7. The number of rotatable bonds is 3. The lowest BCUT2D eigenvalue weighted by atomic mass is 10.3. The standard InChI is InChI=1S/C17H27N5Si/c1-11(2)23(12(3)4,13(5)6)9-8-14-15-16(19-10-22(15)7)21-17(18)20-14/h10-13H,1-7H3,(H2,18,20,21). The molecule has 2 aromatic heterocycles. The molecule has 0 aliphatic carbocycles. The first-order valence-electron chi connectivity index (χ1n) is 8.17. The number of aromatic nitrogens is 4. The van der Waals surface area contributed by atoms with Gasteiger partial charge in [0.2, 0.25) is 5.95 Å². The van der Waals surface area contributed by atoms with Crippen molar-refractivity contribution in [3.8, 4) is 11.5 Å². The van der Waals surface area contributed by atoms with E-state index in [-0.39, 0.29) is 5.95 Å². The highest BCUT2D eigenvalue weighted by atomic mass is 28.3. The fourth-order valence-corrected chi connectivity index (χ4v) is 8.96. The number of nitrogens with zero attached hydrogens (tertiary/aromatic N) is 4. The summed E-state index contributed by atoms with van der Waals surface area (Å²) < 4.78 is 1.90. The van der Waals surface area contributed by atoms with Crippen LogP contribution in [0.1, 0.15) is 47.2 Å². The summed E-state index contributed by atoms with van der Waals surface area (Å²) in [5.74, 6) is 3.59. The van der Waals surface area contributed by atoms with Crippen LogP contribution in [0.3, 0.4) is 0 Å². The molecule has 0 aromatic carbocycles. The lowest BCUT2D eigenvalue weighted by Crippen LogP contribution is -2.43. The fraction of sp³-hybridized carbons (Fsp3) is 0.588. The minimum atomic E-state index is -1.80. The van der Waals surface area contributed by atoms with E-state index in [1.54, 1.807) is 6.33 Å². The van der Waals surface area contributed by atoms with Crippen LogP contribution in [0.25, 0.3) is 11.2 Å². The molecule has 0 aliphatic heterocycles. The second-order valence-electron chi connectivity index (χ2n) is 7.11. The smallest absolute Gasteiger partial charge is 0.223 e. The Bertz CT molecular complexity index is 743. The number of hydrogen-bond acceptors (Lipinski definition) is 4. The minimum absolute atomic E-state index is 0.228. The quantitative estimate of drug-likeness (QED) is 0.691. The Hall–Kier alpha value is -1.87. The Morgan fingerprint density at radius 3 is 2.13 bits per heavy atom. The van der Waals surface area contributed by atoms with Crippen molar-refractivity contribution in [2.24, 2.45) is 7.05 Å². The van der Waals surface area contributed by atoms with Crippen LogP contribution in [0.15, 0.2) is 6.33 Å². The largest absolute Gasteiger partial charge is 0.368 e. The zero-order valence-electron chi connectivity index (χ0n) is 15.2. The molecule has 0 spiro atoms. The van der Waals surface area contributed by atoms with Gasteiger partial charge in [0.25, 0.3) is 0 Å². The van der Waals surface area contributed by atoms with E-state index in [0.717, 1.165) is 5.52 Å². The van der Waals surface area contributed by atoms with E-state index in [9.17, 15) is 0 Å². The van der Waals surface area contributed by atoms with Crippen LogP contribution < -0.4 is 5.73 Å². The number of anilines is 1. The molecule has 0 unspecified atom stereocenters. The minimum Gasteiger partial charge on any atom is -0.368 e. The molecular formula is C17H27N5Si. The van der Waals surface area contributed by atoms with E-state index in [0.29, 0.717) is 28.0 Å². The molecule has 0 fully saturated rings. The highest BCUT2D eigenvalue weighted by molar-refractivity contribution is 6.90. The first-order valence-corrected chi connectivity index (χ1v) is 10.4. The Kier molecular flexibility index (Phi) is 4.80. The van der Waals surface area contributed by atoms with Crippen LogP contribution in [-0.4, -0.2) is 27.6 Å². The van der Waals surface area contributed by atoms with Crippen molar-refractivity contribution in [3.05, 3.63) is 12.0 Å². The van der Waals surface area contributed by atoms with Gasteiger partial charge in [0.1, 0.15) is 19.3 Å². The van der Waals surface area contributed by atoms with E-state index in [1.165, 1.54) is 0 Å². The van der Waals surface area contributed by atoms with Gasteiger partial charge in [-0.25, -0.2) is 9.97 Å². The van der Waals surface area contributed by atoms with E-state index in [1.807, 2.05) is 11.6 Å². The molecule has 0 amide bonds. The molecule has 0 radical (unpaired) electrons. The maximum absolute atomic E-state index is 5.82. The van der Waals surface area contributed by atoms with E-state index < -0.39 is 8.07 Å². The Morgan fingerprint density at radius 1 is 1.04 bits per heavy atom. The van der Waals surface area contributed by atoms with Gasteiger partial charge in [-0.15, -0.1) is 5.54 Å². The summed E-state index contributed by atoms with van der Waals surface area (Å²) in [4.78, 5) is 12.8. The monoisotopic (exact) mass is 329 g/mol. The lowest BCUT2D eigenvalue weighted by molar-refractivity contribution is 0.838. The average molecular weight is 330 g/mol. The van der Waals surface area contributed by atoms with Crippen molar-refractivity contribution in [3.63, 3.8) is 0 Å². The second kappa shape index (κ2) is 6.32. The fourth-order valence-electron chi connectivity index (χ4n) is 3.76. The van der Waals surface area contributed by atoms with Crippen molar-refractivity contribution in [1.82, 2.24) is 19.5 Å². The third kappa shape index (κ3) is 2.98. The average Bonchev–Trinajstić information content (AvgIpc) is 2.79. The summed E-state index contributed by atoms with van der Waals surface area (Å²) in [6.07, 6.45) is 1.72. The normalized spacial score (nSPS) is 12.3. The molecule has 0 aliphatic rings. The zero-order valence-corrected chi connectivity index (χ0v) is 16.2. The first kappa shape index (κ1) is 17.5. The molecule has 0 saturated heterocycles. The topological polar surface area (TPSA) is 69.6 Å². The number of imidazole rings is 1. The molecule has 124 valence electrons. The Labute approximate surface area is 139 Å². The molecule has 0 atom stereocenters. The highest BCUT2D eigenvalue weighted by Gasteiger charge is 2.41. The van der Waals surface area contributed by atoms with Crippen LogP contribution >= 0.6 is 0 Å². The van der Waals surface area contributed by atoms with Crippen LogP contribution in [0.2, 0.25) is 16.6 Å². The van der Waals surface area contributed by atoms with Crippen molar-refractivity contribution >= 4 is 25.2 Å². The molecule has 2 aromatic rings. The van der Waals surface area contributed by atoms with Crippen molar-refractivity contribution in [2.45, 2.75) is 58.2 Å². The van der Waals surface area contributed by atoms with Gasteiger partial charge in [0.05, 0.1) is 6.33 Å². The van der Waals surface area contributed by atoms with E-state index >= 15 is 0 Å². The van der Waals surface area contributed by atoms with E-state index in [2.05, 4.69) is 68.0 Å². The van der Waals surface area contributed by atoms with Crippen LogP contribution in [0, 0.1) is 11.5 Å². The van der Waals surface area contributed by atoms with Crippen molar-refractivity contribution in [1.29, 1.82) is 0 Å². The summed E-state index contributed by atoms with van der Waals surface area (Å²) >= 11 is 0. The Morgan fingerprint density at radius 2 is 1.61 bits per heavy atom. The summed E-state index contributed by atoms with van der Waals surface area (Å²) in [5, 5.41) is 0. The molecule has 0 saturated carbocycles. The van der Waals surface area contributed by atoms with Crippen LogP contribution in [-0.2, 0) is 7.05 Å². The number of nitrogen functional groups attached to an aromatic ring is 1. The summed E-state index contributed by atoms with van der Waals surface area (Å²) in [5.41, 5.74) is 13.4. The molecule has 2 N–H and O–H groups in total. The summed E-state index contributed by atoms with van der Waals surface area (Å²) in [7, 11) is 0.125. The highest BCUT2D eigenvalue weighted by Crippen LogP contribution is 2.40. The van der Waals surface area contributed by atoms with Gasteiger partial charge in [-0.3, -0.25) is 0 Å². The zero-order chi connectivity index (χ0) is 17.4. The van der Waals surface area contributed by atoms with Crippen LogP contribution in [0.4, 0.5) is 5.95 Å². The SMILES string of the molecule is CC(C)[Si](C#Cc1nc(N)nc2ncn(C)c12)(C(C)C)C(C)C. The van der Waals surface area contributed by atoms with E-state index in [4.69, 9.17) is 5.73 Å². The predicted octanol–water partition coefficient (Wildman–Crippen LogP) is 3.52. The Balaban J connectivity index is 2.66. The van der Waals surface area contributed by atoms with Crippen molar-refractivity contribution in [2.75, 3.05) is 5.73 Å². The van der Waals surface area contributed by atoms with Gasteiger partial charge in [-0.05, 0) is 16.6 Å². The van der Waals surface area contributed by atoms with Gasteiger partial charge in [-0.1, -0.05) is 47.5 Å². The lowest BCUT2D eigenvalue weighted by Gasteiger charge is -2.38.